The van der Waals surface area contributed by atoms with Crippen LogP contribution in [0.25, 0.3) is 21.5 Å². The van der Waals surface area contributed by atoms with Crippen LogP contribution >= 0.6 is 23.1 Å². The summed E-state index contributed by atoms with van der Waals surface area (Å²) in [5.41, 5.74) is 3.50. The summed E-state index contributed by atoms with van der Waals surface area (Å²) in [7, 11) is 0. The molecular weight excluding hydrogens is 539 g/mol. The highest BCUT2D eigenvalue weighted by Crippen LogP contribution is 2.44. The first-order valence-electron chi connectivity index (χ1n) is 13.9. The number of carbonyl (C=O) groups is 1. The number of hydrogen-bond donors (Lipinski definition) is 2. The quantitative estimate of drug-likeness (QED) is 0.190. The highest BCUT2D eigenvalue weighted by atomic mass is 32.2. The lowest BCUT2D eigenvalue weighted by molar-refractivity contribution is -0.146. The molecule has 1 saturated heterocycles. The van der Waals surface area contributed by atoms with Crippen molar-refractivity contribution in [2.45, 2.75) is 76.1 Å². The minimum atomic E-state index is -0.915. The molecule has 2 aromatic carbocycles. The maximum absolute atomic E-state index is 12.3. The fourth-order valence-corrected chi connectivity index (χ4v) is 6.94. The molecule has 1 fully saturated rings. The van der Waals surface area contributed by atoms with Crippen molar-refractivity contribution in [3.8, 4) is 16.3 Å². The molecule has 0 unspecified atom stereocenters. The molecule has 4 aromatic rings. The summed E-state index contributed by atoms with van der Waals surface area (Å²) >= 11 is 3.44. The van der Waals surface area contributed by atoms with E-state index < -0.39 is 11.4 Å². The summed E-state index contributed by atoms with van der Waals surface area (Å²) < 4.78 is 8.52. The molecule has 6 nitrogen and oxygen atoms in total. The number of carboxylic acid groups (broad SMARTS) is 1. The zero-order valence-corrected chi connectivity index (χ0v) is 25.6. The molecular formula is C32H39N3O3S2. The van der Waals surface area contributed by atoms with Gasteiger partial charge >= 0.3 is 5.97 Å². The van der Waals surface area contributed by atoms with E-state index in [0.29, 0.717) is 25.6 Å². The van der Waals surface area contributed by atoms with Crippen LogP contribution in [0.2, 0.25) is 0 Å². The lowest BCUT2D eigenvalue weighted by Gasteiger charge is -2.24. The Hall–Kier alpha value is -2.81. The normalized spacial score (nSPS) is 16.1. The van der Waals surface area contributed by atoms with Crippen LogP contribution < -0.4 is 10.1 Å². The molecule has 8 heteroatoms. The number of nitrogens with one attached hydrogen (secondary N) is 1. The number of aromatic nitrogens is 2. The molecule has 1 aliphatic rings. The van der Waals surface area contributed by atoms with Crippen molar-refractivity contribution < 1.29 is 14.6 Å². The van der Waals surface area contributed by atoms with Crippen molar-refractivity contribution in [3.05, 3.63) is 65.3 Å². The topological polar surface area (TPSA) is 76.4 Å². The SMILES string of the molecule is CC(C)(C)Sc1c(CC(C)(C)C(=O)O)n(Cc2ccc(-c3nccs3)cc2)c2ccc(OC[C@@H]3CCCN3)cc12. The minimum absolute atomic E-state index is 0.0544. The minimum Gasteiger partial charge on any atom is -0.492 e. The van der Waals surface area contributed by atoms with Crippen molar-refractivity contribution in [3.63, 3.8) is 0 Å². The molecule has 212 valence electrons. The van der Waals surface area contributed by atoms with Crippen LogP contribution in [0.3, 0.4) is 0 Å². The molecule has 1 aliphatic heterocycles. The van der Waals surface area contributed by atoms with E-state index in [0.717, 1.165) is 56.3 Å². The average molecular weight is 578 g/mol. The van der Waals surface area contributed by atoms with Crippen molar-refractivity contribution in [1.82, 2.24) is 14.9 Å². The van der Waals surface area contributed by atoms with Crippen LogP contribution in [0.4, 0.5) is 0 Å². The van der Waals surface area contributed by atoms with Gasteiger partial charge in [0.05, 0.1) is 5.41 Å². The maximum atomic E-state index is 12.3. The van der Waals surface area contributed by atoms with Crippen molar-refractivity contribution in [2.24, 2.45) is 5.41 Å². The molecule has 0 spiro atoms. The van der Waals surface area contributed by atoms with Gasteiger partial charge in [-0.2, -0.15) is 0 Å². The van der Waals surface area contributed by atoms with E-state index in [2.05, 4.69) is 78.1 Å². The zero-order chi connectivity index (χ0) is 28.5. The highest BCUT2D eigenvalue weighted by molar-refractivity contribution is 8.00. The Morgan fingerprint density at radius 2 is 1.95 bits per heavy atom. The second-order valence-electron chi connectivity index (χ2n) is 12.3. The molecule has 40 heavy (non-hydrogen) atoms. The van der Waals surface area contributed by atoms with Gasteiger partial charge in [0.1, 0.15) is 17.4 Å². The molecule has 0 aliphatic carbocycles. The molecule has 0 saturated carbocycles. The van der Waals surface area contributed by atoms with E-state index in [-0.39, 0.29) is 4.75 Å². The van der Waals surface area contributed by atoms with E-state index in [9.17, 15) is 9.90 Å². The second kappa shape index (κ2) is 11.6. The molecule has 1 atom stereocenters. The van der Waals surface area contributed by atoms with Crippen molar-refractivity contribution >= 4 is 40.0 Å². The van der Waals surface area contributed by atoms with E-state index in [4.69, 9.17) is 4.74 Å². The number of aliphatic carboxylic acids is 1. The van der Waals surface area contributed by atoms with Crippen LogP contribution in [-0.2, 0) is 17.8 Å². The van der Waals surface area contributed by atoms with Crippen LogP contribution in [-0.4, -0.2) is 44.6 Å². The number of rotatable bonds is 10. The summed E-state index contributed by atoms with van der Waals surface area (Å²) in [5.74, 6) is 0.0582. The van der Waals surface area contributed by atoms with E-state index in [1.807, 2.05) is 25.4 Å². The van der Waals surface area contributed by atoms with Crippen LogP contribution in [0.5, 0.6) is 5.75 Å². The Labute approximate surface area is 245 Å². The predicted molar refractivity (Wildman–Crippen MR) is 166 cm³/mol. The Morgan fingerprint density at radius 1 is 1.18 bits per heavy atom. The maximum Gasteiger partial charge on any atom is 0.309 e. The summed E-state index contributed by atoms with van der Waals surface area (Å²) in [5, 5.41) is 17.7. The number of fused-ring (bicyclic) bond motifs is 1. The first-order chi connectivity index (χ1) is 19.0. The van der Waals surface area contributed by atoms with Crippen molar-refractivity contribution in [1.29, 1.82) is 0 Å². The van der Waals surface area contributed by atoms with E-state index in [1.54, 1.807) is 23.1 Å². The first-order valence-corrected chi connectivity index (χ1v) is 15.6. The number of carboxylic acids is 1. The molecule has 2 N–H and O–H groups in total. The standard InChI is InChI=1S/C32H39N3O3S2/c1-31(2,3)40-28-25-17-24(38-20-23-7-6-14-33-23)12-13-26(25)35(27(28)18-32(4,5)30(36)37)19-21-8-10-22(11-9-21)29-34-15-16-39-29/h8-13,15-17,23,33H,6-7,14,18-20H2,1-5H3,(H,36,37)/t23-/m0/s1. The summed E-state index contributed by atoms with van der Waals surface area (Å²) in [6.45, 7) is 12.6. The number of thioether (sulfide) groups is 1. The molecule has 0 amide bonds. The zero-order valence-electron chi connectivity index (χ0n) is 24.0. The third-order valence-corrected chi connectivity index (χ3v) is 9.37. The third-order valence-electron chi connectivity index (χ3n) is 7.28. The summed E-state index contributed by atoms with van der Waals surface area (Å²) in [6.07, 6.45) is 4.58. The van der Waals surface area contributed by atoms with Gasteiger partial charge in [-0.05, 0) is 57.0 Å². The predicted octanol–water partition coefficient (Wildman–Crippen LogP) is 7.49. The molecule has 0 radical (unpaired) electrons. The Bertz CT molecular complexity index is 1460. The Kier molecular flexibility index (Phi) is 8.32. The number of hydrogen-bond acceptors (Lipinski definition) is 6. The number of thiazole rings is 1. The van der Waals surface area contributed by atoms with Crippen LogP contribution in [0.1, 0.15) is 58.7 Å². The highest BCUT2D eigenvalue weighted by Gasteiger charge is 2.33. The van der Waals surface area contributed by atoms with Crippen LogP contribution in [0, 0.1) is 5.41 Å². The van der Waals surface area contributed by atoms with Gasteiger partial charge in [-0.15, -0.1) is 23.1 Å². The Balaban J connectivity index is 1.58. The third kappa shape index (κ3) is 6.56. The largest absolute Gasteiger partial charge is 0.492 e. The average Bonchev–Trinajstić information content (AvgIpc) is 3.66. The first kappa shape index (κ1) is 28.7. The van der Waals surface area contributed by atoms with Gasteiger partial charge in [0.25, 0.3) is 0 Å². The Morgan fingerprint density at radius 3 is 2.58 bits per heavy atom. The number of benzene rings is 2. The molecule has 0 bridgehead atoms. The van der Waals surface area contributed by atoms with Gasteiger partial charge in [0.15, 0.2) is 0 Å². The number of ether oxygens (including phenoxy) is 1. The summed E-state index contributed by atoms with van der Waals surface area (Å²) in [4.78, 5) is 17.9. The molecule has 2 aromatic heterocycles. The smallest absolute Gasteiger partial charge is 0.309 e. The fourth-order valence-electron chi connectivity index (χ4n) is 5.11. The molecule has 3 heterocycles. The van der Waals surface area contributed by atoms with Gasteiger partial charge in [0, 0.05) is 62.4 Å². The van der Waals surface area contributed by atoms with E-state index >= 15 is 0 Å². The second-order valence-corrected chi connectivity index (χ2v) is 15.0. The van der Waals surface area contributed by atoms with Gasteiger partial charge in [-0.1, -0.05) is 45.0 Å². The monoisotopic (exact) mass is 577 g/mol. The van der Waals surface area contributed by atoms with Crippen molar-refractivity contribution in [2.75, 3.05) is 13.2 Å². The van der Waals surface area contributed by atoms with Gasteiger partial charge in [-0.25, -0.2) is 4.98 Å². The molecule has 5 rings (SSSR count). The fraction of sp³-hybridized carbons (Fsp3) is 0.438. The summed E-state index contributed by atoms with van der Waals surface area (Å²) in [6, 6.07) is 15.3. The lowest BCUT2D eigenvalue weighted by atomic mass is 9.88. The van der Waals surface area contributed by atoms with Gasteiger partial charge in [-0.3, -0.25) is 4.79 Å². The number of nitrogens with zero attached hydrogens (tertiary/aromatic N) is 2. The lowest BCUT2D eigenvalue weighted by Crippen LogP contribution is -2.28. The van der Waals surface area contributed by atoms with Gasteiger partial charge in [0.2, 0.25) is 0 Å². The van der Waals surface area contributed by atoms with E-state index in [1.165, 1.54) is 6.42 Å². The van der Waals surface area contributed by atoms with Crippen LogP contribution in [0.15, 0.2) is 58.9 Å². The van der Waals surface area contributed by atoms with Gasteiger partial charge < -0.3 is 19.7 Å².